The number of carbonyl (C=O) groups excluding carboxylic acids is 2. The Hall–Kier alpha value is -2.62. The molecule has 1 aliphatic heterocycles. The average Bonchev–Trinajstić information content (AvgIpc) is 2.97. The van der Waals surface area contributed by atoms with E-state index in [2.05, 4.69) is 10.6 Å². The fourth-order valence-electron chi connectivity index (χ4n) is 4.67. The summed E-state index contributed by atoms with van der Waals surface area (Å²) in [5, 5.41) is 17.0. The van der Waals surface area contributed by atoms with Gasteiger partial charge in [0.15, 0.2) is 0 Å². The maximum Gasteiger partial charge on any atom is 0.333 e. The lowest BCUT2D eigenvalue weighted by molar-refractivity contribution is -0.123. The van der Waals surface area contributed by atoms with Crippen LogP contribution in [0.1, 0.15) is 54.9 Å². The second kappa shape index (κ2) is 9.70. The van der Waals surface area contributed by atoms with Crippen molar-refractivity contribution in [1.29, 1.82) is 0 Å². The van der Waals surface area contributed by atoms with E-state index in [9.17, 15) is 19.5 Å². The molecule has 2 heterocycles. The van der Waals surface area contributed by atoms with Crippen LogP contribution in [0.15, 0.2) is 35.4 Å². The van der Waals surface area contributed by atoms with E-state index in [0.29, 0.717) is 31.6 Å². The normalized spacial score (nSPS) is 19.3. The number of hydrogen-bond donors (Lipinski definition) is 4. The van der Waals surface area contributed by atoms with Crippen LogP contribution in [-0.4, -0.2) is 51.3 Å². The molecule has 1 unspecified atom stereocenters. The van der Waals surface area contributed by atoms with Crippen LogP contribution in [0.2, 0.25) is 5.02 Å². The number of benzene rings is 1. The number of halogens is 1. The minimum Gasteiger partial charge on any atom is -0.388 e. The van der Waals surface area contributed by atoms with E-state index in [1.165, 1.54) is 21.4 Å². The van der Waals surface area contributed by atoms with Gasteiger partial charge in [-0.3, -0.25) is 18.7 Å². The maximum atomic E-state index is 13.1. The monoisotopic (exact) mass is 475 g/mol. The van der Waals surface area contributed by atoms with Gasteiger partial charge in [-0.25, -0.2) is 4.79 Å². The number of carbonyl (C=O) groups is 2. The van der Waals surface area contributed by atoms with Crippen molar-refractivity contribution in [2.45, 2.75) is 50.2 Å². The SMILES string of the molecule is NC(=O)C(C1CNC1)n1ccn(-c2ccc(Cl)c(C(=O)NCC3(O)CCCCCC3)c2)c1=O. The van der Waals surface area contributed by atoms with Crippen molar-refractivity contribution >= 4 is 23.4 Å². The van der Waals surface area contributed by atoms with Gasteiger partial charge in [-0.1, -0.05) is 37.3 Å². The Kier molecular flexibility index (Phi) is 6.92. The first-order valence-electron chi connectivity index (χ1n) is 11.4. The molecule has 2 aromatic rings. The Balaban J connectivity index is 1.55. The number of nitrogens with zero attached hydrogens (tertiary/aromatic N) is 2. The summed E-state index contributed by atoms with van der Waals surface area (Å²) in [6.45, 7) is 1.38. The zero-order chi connectivity index (χ0) is 23.6. The van der Waals surface area contributed by atoms with Crippen LogP contribution < -0.4 is 22.1 Å². The Bertz CT molecular complexity index is 1080. The number of aliphatic hydroxyl groups is 1. The Morgan fingerprint density at radius 3 is 2.52 bits per heavy atom. The molecule has 9 nitrogen and oxygen atoms in total. The van der Waals surface area contributed by atoms with Crippen LogP contribution in [0.4, 0.5) is 0 Å². The maximum absolute atomic E-state index is 13.1. The molecule has 1 atom stereocenters. The lowest BCUT2D eigenvalue weighted by Gasteiger charge is -2.33. The Morgan fingerprint density at radius 1 is 1.21 bits per heavy atom. The number of aromatic nitrogens is 2. The van der Waals surface area contributed by atoms with Crippen molar-refractivity contribution in [3.63, 3.8) is 0 Å². The molecule has 2 aliphatic rings. The molecule has 1 saturated heterocycles. The minimum atomic E-state index is -0.912. The highest BCUT2D eigenvalue weighted by Gasteiger charge is 2.34. The van der Waals surface area contributed by atoms with Crippen LogP contribution in [0, 0.1) is 5.92 Å². The standard InChI is InChI=1S/C23H30ClN5O4/c24-18-6-5-16(11-17(18)21(31)27-14-23(33)7-3-1-2-4-8-23)28-9-10-29(22(28)32)19(20(25)30)15-12-26-13-15/h5-6,9-11,15,19,26,33H,1-4,7-8,12-14H2,(H2,25,30)(H,27,31). The van der Waals surface area contributed by atoms with Gasteiger partial charge in [0.05, 0.1) is 21.9 Å². The second-order valence-electron chi connectivity index (χ2n) is 9.11. The number of nitrogens with two attached hydrogens (primary N) is 1. The van der Waals surface area contributed by atoms with E-state index in [-0.39, 0.29) is 23.0 Å². The smallest absolute Gasteiger partial charge is 0.333 e. The molecule has 0 bridgehead atoms. The quantitative estimate of drug-likeness (QED) is 0.449. The third kappa shape index (κ3) is 5.00. The summed E-state index contributed by atoms with van der Waals surface area (Å²) in [5.74, 6) is -1.02. The fraction of sp³-hybridized carbons (Fsp3) is 0.522. The lowest BCUT2D eigenvalue weighted by Crippen LogP contribution is -2.52. The molecule has 2 fully saturated rings. The van der Waals surface area contributed by atoms with E-state index in [0.717, 1.165) is 25.7 Å². The van der Waals surface area contributed by atoms with Gasteiger partial charge in [-0.15, -0.1) is 0 Å². The predicted octanol–water partition coefficient (Wildman–Crippen LogP) is 1.35. The van der Waals surface area contributed by atoms with E-state index in [1.54, 1.807) is 18.3 Å². The fourth-order valence-corrected chi connectivity index (χ4v) is 4.87. The zero-order valence-electron chi connectivity index (χ0n) is 18.4. The third-order valence-electron chi connectivity index (χ3n) is 6.74. The minimum absolute atomic E-state index is 0.0441. The second-order valence-corrected chi connectivity index (χ2v) is 9.52. The highest BCUT2D eigenvalue weighted by molar-refractivity contribution is 6.33. The zero-order valence-corrected chi connectivity index (χ0v) is 19.2. The molecule has 0 radical (unpaired) electrons. The largest absolute Gasteiger partial charge is 0.388 e. The predicted molar refractivity (Wildman–Crippen MR) is 125 cm³/mol. The summed E-state index contributed by atoms with van der Waals surface area (Å²) in [7, 11) is 0. The summed E-state index contributed by atoms with van der Waals surface area (Å²) in [6, 6.07) is 3.98. The Morgan fingerprint density at radius 2 is 1.91 bits per heavy atom. The number of hydrogen-bond acceptors (Lipinski definition) is 5. The van der Waals surface area contributed by atoms with Crippen molar-refractivity contribution in [2.75, 3.05) is 19.6 Å². The van der Waals surface area contributed by atoms with Gasteiger partial charge in [0.1, 0.15) is 6.04 Å². The van der Waals surface area contributed by atoms with Gasteiger partial charge in [0.25, 0.3) is 5.91 Å². The highest BCUT2D eigenvalue weighted by Crippen LogP contribution is 2.27. The third-order valence-corrected chi connectivity index (χ3v) is 7.07. The van der Waals surface area contributed by atoms with E-state index in [1.807, 2.05) is 0 Å². The molecular formula is C23H30ClN5O4. The molecule has 178 valence electrons. The first kappa shape index (κ1) is 23.5. The summed E-state index contributed by atoms with van der Waals surface area (Å²) in [5.41, 5.74) is 4.88. The van der Waals surface area contributed by atoms with Gasteiger partial charge >= 0.3 is 5.69 Å². The molecule has 2 amide bonds. The molecule has 10 heteroatoms. The van der Waals surface area contributed by atoms with Gasteiger partial charge in [0, 0.05) is 37.9 Å². The summed E-state index contributed by atoms with van der Waals surface area (Å²) in [4.78, 5) is 37.9. The lowest BCUT2D eigenvalue weighted by atomic mass is 9.93. The van der Waals surface area contributed by atoms with Gasteiger partial charge < -0.3 is 21.5 Å². The van der Waals surface area contributed by atoms with Crippen molar-refractivity contribution < 1.29 is 14.7 Å². The van der Waals surface area contributed by atoms with Crippen molar-refractivity contribution in [3.8, 4) is 5.69 Å². The number of nitrogens with one attached hydrogen (secondary N) is 2. The topological polar surface area (TPSA) is 131 Å². The summed E-state index contributed by atoms with van der Waals surface area (Å²) >= 11 is 6.28. The molecule has 1 aromatic carbocycles. The van der Waals surface area contributed by atoms with Crippen molar-refractivity contribution in [3.05, 3.63) is 51.7 Å². The number of primary amides is 1. The molecule has 4 rings (SSSR count). The molecule has 0 spiro atoms. The average molecular weight is 476 g/mol. The van der Waals surface area contributed by atoms with Gasteiger partial charge in [0.2, 0.25) is 5.91 Å². The number of amides is 2. The van der Waals surface area contributed by atoms with E-state index < -0.39 is 29.1 Å². The molecular weight excluding hydrogens is 446 g/mol. The molecule has 1 saturated carbocycles. The number of rotatable bonds is 7. The van der Waals surface area contributed by atoms with Gasteiger partial charge in [-0.2, -0.15) is 0 Å². The van der Waals surface area contributed by atoms with Crippen LogP contribution in [-0.2, 0) is 4.79 Å². The summed E-state index contributed by atoms with van der Waals surface area (Å²) in [6.07, 6.45) is 8.44. The first-order chi connectivity index (χ1) is 15.8. The molecule has 5 N–H and O–H groups in total. The molecule has 33 heavy (non-hydrogen) atoms. The number of imidazole rings is 1. The van der Waals surface area contributed by atoms with Crippen LogP contribution >= 0.6 is 11.6 Å². The van der Waals surface area contributed by atoms with Crippen molar-refractivity contribution in [1.82, 2.24) is 19.8 Å². The molecule has 1 aromatic heterocycles. The molecule has 1 aliphatic carbocycles. The van der Waals surface area contributed by atoms with E-state index >= 15 is 0 Å². The van der Waals surface area contributed by atoms with Crippen molar-refractivity contribution in [2.24, 2.45) is 11.7 Å². The first-order valence-corrected chi connectivity index (χ1v) is 11.8. The van der Waals surface area contributed by atoms with Crippen LogP contribution in [0.5, 0.6) is 0 Å². The van der Waals surface area contributed by atoms with Gasteiger partial charge in [-0.05, 0) is 31.0 Å². The summed E-state index contributed by atoms with van der Waals surface area (Å²) < 4.78 is 2.69. The van der Waals surface area contributed by atoms with E-state index in [4.69, 9.17) is 17.3 Å². The highest BCUT2D eigenvalue weighted by atomic mass is 35.5. The van der Waals surface area contributed by atoms with Crippen LogP contribution in [0.25, 0.3) is 5.69 Å². The van der Waals surface area contributed by atoms with Crippen LogP contribution in [0.3, 0.4) is 0 Å². The Labute approximate surface area is 196 Å².